The Kier molecular flexibility index (Phi) is 2.45. The number of imidazole rings is 1. The van der Waals surface area contributed by atoms with Gasteiger partial charge in [0.05, 0.1) is 12.2 Å². The van der Waals surface area contributed by atoms with Crippen LogP contribution in [0, 0.1) is 0 Å². The van der Waals surface area contributed by atoms with Gasteiger partial charge in [0.15, 0.2) is 5.95 Å². The van der Waals surface area contributed by atoms with Gasteiger partial charge < -0.3 is 10.3 Å². The predicted octanol–water partition coefficient (Wildman–Crippen LogP) is 0.809. The minimum absolute atomic E-state index is 0.543. The highest BCUT2D eigenvalue weighted by molar-refractivity contribution is 5.23. The number of nitrogen functional groups attached to an aromatic ring is 1. The largest absolute Gasteiger partial charge is 0.369 e. The third-order valence-corrected chi connectivity index (χ3v) is 2.42. The van der Waals surface area contributed by atoms with Gasteiger partial charge in [0.1, 0.15) is 0 Å². The highest BCUT2D eigenvalue weighted by Crippen LogP contribution is 2.11. The topological polar surface area (TPSA) is 61.7 Å². The summed E-state index contributed by atoms with van der Waals surface area (Å²) in [6.45, 7) is 2.84. The van der Waals surface area contributed by atoms with Crippen LogP contribution in [0.2, 0.25) is 0 Å². The number of nitrogens with zero attached hydrogens (tertiary/aromatic N) is 4. The van der Waals surface area contributed by atoms with E-state index in [2.05, 4.69) is 17.0 Å². The molecule has 2 heterocycles. The summed E-state index contributed by atoms with van der Waals surface area (Å²) in [5, 5.41) is 4.38. The van der Waals surface area contributed by atoms with E-state index in [0.29, 0.717) is 5.95 Å². The van der Waals surface area contributed by atoms with E-state index in [1.807, 2.05) is 28.7 Å². The molecule has 0 fully saturated rings. The molecule has 2 aromatic rings. The van der Waals surface area contributed by atoms with E-state index in [-0.39, 0.29) is 0 Å². The highest BCUT2D eigenvalue weighted by atomic mass is 15.3. The van der Waals surface area contributed by atoms with Gasteiger partial charge in [-0.1, -0.05) is 6.92 Å². The summed E-state index contributed by atoms with van der Waals surface area (Å²) in [5.74, 6) is 0.543. The zero-order chi connectivity index (χ0) is 10.8. The Bertz CT molecular complexity index is 454. The molecular formula is C10H15N5. The van der Waals surface area contributed by atoms with Crippen LogP contribution in [0.25, 0.3) is 0 Å². The molecule has 0 radical (unpaired) electrons. The molecule has 5 heteroatoms. The van der Waals surface area contributed by atoms with Gasteiger partial charge in [-0.05, 0) is 6.42 Å². The fourth-order valence-electron chi connectivity index (χ4n) is 1.67. The lowest BCUT2D eigenvalue weighted by atomic mass is 10.2. The van der Waals surface area contributed by atoms with Crippen molar-refractivity contribution >= 4 is 5.95 Å². The number of nitrogens with two attached hydrogens (primary N) is 1. The van der Waals surface area contributed by atoms with Crippen LogP contribution in [0.4, 0.5) is 5.95 Å². The first kappa shape index (κ1) is 9.76. The maximum atomic E-state index is 5.71. The molecule has 0 bridgehead atoms. The number of rotatable bonds is 3. The molecule has 80 valence electrons. The summed E-state index contributed by atoms with van der Waals surface area (Å²) < 4.78 is 3.75. The summed E-state index contributed by atoms with van der Waals surface area (Å²) >= 11 is 0. The number of hydrogen-bond donors (Lipinski definition) is 1. The lowest BCUT2D eigenvalue weighted by Crippen LogP contribution is -2.04. The molecule has 0 amide bonds. The van der Waals surface area contributed by atoms with Crippen LogP contribution in [-0.2, 0) is 20.0 Å². The van der Waals surface area contributed by atoms with Crippen molar-refractivity contribution in [3.63, 3.8) is 0 Å². The maximum Gasteiger partial charge on any atom is 0.200 e. The van der Waals surface area contributed by atoms with Crippen LogP contribution in [0.15, 0.2) is 18.6 Å². The molecule has 2 rings (SSSR count). The van der Waals surface area contributed by atoms with E-state index in [0.717, 1.165) is 18.7 Å². The second-order valence-electron chi connectivity index (χ2n) is 3.54. The molecule has 0 atom stereocenters. The standard InChI is InChI=1S/C10H15N5/c1-3-9-8(6-14(2)13-9)7-15-5-4-12-10(15)11/h4-6H,3,7H2,1-2H3,(H2,11,12). The average molecular weight is 205 g/mol. The molecule has 2 aromatic heterocycles. The Morgan fingerprint density at radius 2 is 2.27 bits per heavy atom. The van der Waals surface area contributed by atoms with Gasteiger partial charge in [-0.25, -0.2) is 4.98 Å². The summed E-state index contributed by atoms with van der Waals surface area (Å²) in [7, 11) is 1.93. The maximum absolute atomic E-state index is 5.71. The van der Waals surface area contributed by atoms with Crippen LogP contribution in [0.3, 0.4) is 0 Å². The van der Waals surface area contributed by atoms with Crippen molar-refractivity contribution in [2.45, 2.75) is 19.9 Å². The summed E-state index contributed by atoms with van der Waals surface area (Å²) in [4.78, 5) is 3.99. The van der Waals surface area contributed by atoms with Crippen LogP contribution in [0.1, 0.15) is 18.2 Å². The van der Waals surface area contributed by atoms with Crippen molar-refractivity contribution in [1.82, 2.24) is 19.3 Å². The van der Waals surface area contributed by atoms with Crippen molar-refractivity contribution < 1.29 is 0 Å². The lowest BCUT2D eigenvalue weighted by molar-refractivity contribution is 0.746. The van der Waals surface area contributed by atoms with Crippen LogP contribution < -0.4 is 5.73 Å². The summed E-state index contributed by atoms with van der Waals surface area (Å²) in [6.07, 6.45) is 6.54. The van der Waals surface area contributed by atoms with Crippen molar-refractivity contribution in [1.29, 1.82) is 0 Å². The van der Waals surface area contributed by atoms with E-state index in [9.17, 15) is 0 Å². The third kappa shape index (κ3) is 1.86. The lowest BCUT2D eigenvalue weighted by Gasteiger charge is -2.03. The van der Waals surface area contributed by atoms with E-state index < -0.39 is 0 Å². The molecular weight excluding hydrogens is 190 g/mol. The van der Waals surface area contributed by atoms with Crippen molar-refractivity contribution in [2.24, 2.45) is 7.05 Å². The minimum Gasteiger partial charge on any atom is -0.369 e. The summed E-state index contributed by atoms with van der Waals surface area (Å²) in [6, 6.07) is 0. The first-order chi connectivity index (χ1) is 7.20. The monoisotopic (exact) mass is 205 g/mol. The van der Waals surface area contributed by atoms with Gasteiger partial charge in [0.25, 0.3) is 0 Å². The van der Waals surface area contributed by atoms with E-state index in [1.54, 1.807) is 6.20 Å². The number of anilines is 1. The van der Waals surface area contributed by atoms with Crippen LogP contribution >= 0.6 is 0 Å². The zero-order valence-corrected chi connectivity index (χ0v) is 9.01. The second kappa shape index (κ2) is 3.76. The highest BCUT2D eigenvalue weighted by Gasteiger charge is 2.07. The van der Waals surface area contributed by atoms with E-state index in [4.69, 9.17) is 5.73 Å². The molecule has 0 aliphatic carbocycles. The fourth-order valence-corrected chi connectivity index (χ4v) is 1.67. The van der Waals surface area contributed by atoms with Crippen molar-refractivity contribution in [3.8, 4) is 0 Å². The molecule has 0 unspecified atom stereocenters. The minimum atomic E-state index is 0.543. The van der Waals surface area contributed by atoms with E-state index >= 15 is 0 Å². The van der Waals surface area contributed by atoms with Gasteiger partial charge in [0, 0.05) is 31.2 Å². The Morgan fingerprint density at radius 1 is 1.47 bits per heavy atom. The molecule has 0 saturated carbocycles. The first-order valence-corrected chi connectivity index (χ1v) is 4.98. The molecule has 2 N–H and O–H groups in total. The van der Waals surface area contributed by atoms with Crippen molar-refractivity contribution in [2.75, 3.05) is 5.73 Å². The van der Waals surface area contributed by atoms with Gasteiger partial charge in [-0.15, -0.1) is 0 Å². The van der Waals surface area contributed by atoms with Crippen LogP contribution in [-0.4, -0.2) is 19.3 Å². The Morgan fingerprint density at radius 3 is 2.87 bits per heavy atom. The third-order valence-electron chi connectivity index (χ3n) is 2.42. The Hall–Kier alpha value is -1.78. The molecule has 0 aliphatic rings. The van der Waals surface area contributed by atoms with Gasteiger partial charge in [-0.2, -0.15) is 5.10 Å². The molecule has 15 heavy (non-hydrogen) atoms. The number of hydrogen-bond acceptors (Lipinski definition) is 3. The molecule has 0 spiro atoms. The van der Waals surface area contributed by atoms with Crippen molar-refractivity contribution in [3.05, 3.63) is 29.8 Å². The molecule has 0 aromatic carbocycles. The van der Waals surface area contributed by atoms with Gasteiger partial charge >= 0.3 is 0 Å². The fraction of sp³-hybridized carbons (Fsp3) is 0.400. The molecule has 0 aliphatic heterocycles. The Balaban J connectivity index is 2.27. The predicted molar refractivity (Wildman–Crippen MR) is 58.3 cm³/mol. The number of aromatic nitrogens is 4. The number of aryl methyl sites for hydroxylation is 2. The van der Waals surface area contributed by atoms with Gasteiger partial charge in [-0.3, -0.25) is 4.68 Å². The quantitative estimate of drug-likeness (QED) is 0.806. The molecule has 5 nitrogen and oxygen atoms in total. The summed E-state index contributed by atoms with van der Waals surface area (Å²) in [5.41, 5.74) is 8.03. The van der Waals surface area contributed by atoms with Gasteiger partial charge in [0.2, 0.25) is 0 Å². The zero-order valence-electron chi connectivity index (χ0n) is 9.01. The van der Waals surface area contributed by atoms with Crippen LogP contribution in [0.5, 0.6) is 0 Å². The SMILES string of the molecule is CCc1nn(C)cc1Cn1ccnc1N. The second-order valence-corrected chi connectivity index (χ2v) is 3.54. The average Bonchev–Trinajstić information content (AvgIpc) is 2.75. The molecule has 0 saturated heterocycles. The van der Waals surface area contributed by atoms with E-state index in [1.165, 1.54) is 5.56 Å². The normalized spacial score (nSPS) is 10.8. The Labute approximate surface area is 88.5 Å². The first-order valence-electron chi connectivity index (χ1n) is 4.98. The smallest absolute Gasteiger partial charge is 0.200 e.